The van der Waals surface area contributed by atoms with Crippen LogP contribution in [0.1, 0.15) is 46.5 Å². The molecule has 2 aliphatic rings. The molecule has 4 atom stereocenters. The summed E-state index contributed by atoms with van der Waals surface area (Å²) < 4.78 is 29.1. The zero-order chi connectivity index (χ0) is 21.6. The van der Waals surface area contributed by atoms with Crippen molar-refractivity contribution in [1.82, 2.24) is 5.32 Å². The van der Waals surface area contributed by atoms with Crippen LogP contribution in [0.5, 0.6) is 5.75 Å². The molecule has 2 N–H and O–H groups in total. The molecule has 8 nitrogen and oxygen atoms in total. The minimum absolute atomic E-state index is 0.290. The van der Waals surface area contributed by atoms with Gasteiger partial charge in [0.25, 0.3) is 0 Å². The number of rotatable bonds is 10. The Morgan fingerprint density at radius 3 is 2.53 bits per heavy atom. The smallest absolute Gasteiger partial charge is 0.319 e. The molecule has 3 rings (SSSR count). The topological polar surface area (TPSA) is 87.3 Å². The normalized spacial score (nSPS) is 26.9. The lowest BCUT2D eigenvalue weighted by atomic mass is 10.1. The van der Waals surface area contributed by atoms with E-state index in [0.717, 1.165) is 18.6 Å². The third-order valence-electron chi connectivity index (χ3n) is 5.20. The molecule has 2 fully saturated rings. The summed E-state index contributed by atoms with van der Waals surface area (Å²) in [6.45, 7) is 6.85. The summed E-state index contributed by atoms with van der Waals surface area (Å²) in [6.07, 6.45) is 3.07. The highest BCUT2D eigenvalue weighted by atomic mass is 16.8. The first-order valence-electron chi connectivity index (χ1n) is 10.7. The fourth-order valence-electron chi connectivity index (χ4n) is 3.71. The second kappa shape index (κ2) is 10.4. The highest BCUT2D eigenvalue weighted by Gasteiger charge is 2.55. The predicted molar refractivity (Wildman–Crippen MR) is 113 cm³/mol. The molecule has 2 aliphatic heterocycles. The molecule has 0 spiro atoms. The zero-order valence-electron chi connectivity index (χ0n) is 18.3. The number of benzene rings is 1. The average Bonchev–Trinajstić information content (AvgIpc) is 3.20. The highest BCUT2D eigenvalue weighted by molar-refractivity contribution is 5.89. The van der Waals surface area contributed by atoms with Crippen LogP contribution in [0.25, 0.3) is 0 Å². The van der Waals surface area contributed by atoms with E-state index in [0.29, 0.717) is 12.3 Å². The average molecular weight is 423 g/mol. The Labute approximate surface area is 178 Å². The van der Waals surface area contributed by atoms with Crippen LogP contribution in [0.4, 0.5) is 10.5 Å². The summed E-state index contributed by atoms with van der Waals surface area (Å²) in [6, 6.07) is 6.81. The molecule has 0 radical (unpaired) electrons. The molecule has 2 amide bonds. The molecule has 1 aromatic carbocycles. The number of carbonyl (C=O) groups is 1. The molecule has 8 heteroatoms. The van der Waals surface area contributed by atoms with Gasteiger partial charge in [-0.3, -0.25) is 0 Å². The first kappa shape index (κ1) is 22.8. The number of unbranched alkanes of at least 4 members (excludes halogenated alkanes) is 3. The van der Waals surface area contributed by atoms with E-state index in [-0.39, 0.29) is 30.9 Å². The van der Waals surface area contributed by atoms with Crippen LogP contribution in [0.15, 0.2) is 24.3 Å². The second-order valence-electron chi connectivity index (χ2n) is 8.10. The molecule has 0 unspecified atom stereocenters. The van der Waals surface area contributed by atoms with Gasteiger partial charge in [0.15, 0.2) is 12.1 Å². The van der Waals surface area contributed by atoms with Crippen LogP contribution in [0, 0.1) is 0 Å². The number of nitrogens with one attached hydrogen (secondary N) is 2. The minimum atomic E-state index is -0.702. The molecular formula is C22H34N2O6. The van der Waals surface area contributed by atoms with Gasteiger partial charge in [-0.05, 0) is 44.5 Å². The number of hydrogen-bond donors (Lipinski definition) is 2. The first-order valence-corrected chi connectivity index (χ1v) is 10.7. The van der Waals surface area contributed by atoms with E-state index in [1.807, 2.05) is 13.8 Å². The van der Waals surface area contributed by atoms with Crippen molar-refractivity contribution in [2.24, 2.45) is 0 Å². The van der Waals surface area contributed by atoms with Crippen molar-refractivity contribution in [3.63, 3.8) is 0 Å². The summed E-state index contributed by atoms with van der Waals surface area (Å²) >= 11 is 0. The molecule has 0 aliphatic carbocycles. The van der Waals surface area contributed by atoms with E-state index >= 15 is 0 Å². The van der Waals surface area contributed by atoms with Gasteiger partial charge in [0.1, 0.15) is 24.1 Å². The summed E-state index contributed by atoms with van der Waals surface area (Å²) in [5.74, 6) is 0.0279. The monoisotopic (exact) mass is 422 g/mol. The van der Waals surface area contributed by atoms with E-state index in [1.165, 1.54) is 12.8 Å². The number of anilines is 1. The van der Waals surface area contributed by atoms with Gasteiger partial charge in [-0.15, -0.1) is 0 Å². The highest BCUT2D eigenvalue weighted by Crippen LogP contribution is 2.39. The van der Waals surface area contributed by atoms with Crippen LogP contribution in [-0.2, 0) is 18.9 Å². The first-order chi connectivity index (χ1) is 14.4. The van der Waals surface area contributed by atoms with Crippen molar-refractivity contribution in [2.45, 2.75) is 76.8 Å². The van der Waals surface area contributed by atoms with E-state index in [1.54, 1.807) is 31.4 Å². The van der Waals surface area contributed by atoms with Crippen LogP contribution >= 0.6 is 0 Å². The molecule has 0 aromatic heterocycles. The standard InChI is InChI=1S/C22H34N2O6/c1-5-6-7-8-13-27-20-19-18(29-22(2,3)30-19)17(28-20)14-23-21(25)24-15-9-11-16(26-4)12-10-15/h9-12,17-20H,5-8,13-14H2,1-4H3,(H2,23,24,25)/t17-,18-,19-,20-/m0/s1. The maximum atomic E-state index is 12.3. The maximum absolute atomic E-state index is 12.3. The molecule has 2 heterocycles. The number of methoxy groups -OCH3 is 1. The predicted octanol–water partition coefficient (Wildman–Crippen LogP) is 3.66. The number of urea groups is 1. The Kier molecular flexibility index (Phi) is 7.93. The SMILES string of the molecule is CCCCCCO[C@H]1O[C@@H](CNC(=O)Nc2ccc(OC)cc2)[C@@H]2OC(C)(C)O[C@H]12. The summed E-state index contributed by atoms with van der Waals surface area (Å²) in [7, 11) is 1.60. The molecule has 0 saturated carbocycles. The van der Waals surface area contributed by atoms with Gasteiger partial charge in [-0.1, -0.05) is 26.2 Å². The Hall–Kier alpha value is -1.87. The van der Waals surface area contributed by atoms with Crippen molar-refractivity contribution < 1.29 is 28.5 Å². The van der Waals surface area contributed by atoms with Gasteiger partial charge < -0.3 is 34.3 Å². The molecule has 168 valence electrons. The number of ether oxygens (including phenoxy) is 5. The van der Waals surface area contributed by atoms with E-state index in [9.17, 15) is 4.79 Å². The molecule has 30 heavy (non-hydrogen) atoms. The number of amides is 2. The van der Waals surface area contributed by atoms with Crippen molar-refractivity contribution in [3.8, 4) is 5.75 Å². The number of fused-ring (bicyclic) bond motifs is 1. The summed E-state index contributed by atoms with van der Waals surface area (Å²) in [4.78, 5) is 12.3. The number of hydrogen-bond acceptors (Lipinski definition) is 6. The Balaban J connectivity index is 1.49. The van der Waals surface area contributed by atoms with Crippen molar-refractivity contribution >= 4 is 11.7 Å². The van der Waals surface area contributed by atoms with Crippen molar-refractivity contribution in [2.75, 3.05) is 25.6 Å². The minimum Gasteiger partial charge on any atom is -0.497 e. The van der Waals surface area contributed by atoms with E-state index in [2.05, 4.69) is 17.6 Å². The van der Waals surface area contributed by atoms with Crippen molar-refractivity contribution in [3.05, 3.63) is 24.3 Å². The third kappa shape index (κ3) is 6.07. The van der Waals surface area contributed by atoms with Crippen molar-refractivity contribution in [1.29, 1.82) is 0 Å². The molecule has 0 bridgehead atoms. The molecule has 1 aromatic rings. The molecular weight excluding hydrogens is 388 g/mol. The fourth-order valence-corrected chi connectivity index (χ4v) is 3.71. The van der Waals surface area contributed by atoms with Crippen LogP contribution in [0.3, 0.4) is 0 Å². The Morgan fingerprint density at radius 1 is 1.10 bits per heavy atom. The Bertz CT molecular complexity index is 681. The maximum Gasteiger partial charge on any atom is 0.319 e. The lowest BCUT2D eigenvalue weighted by Crippen LogP contribution is -2.41. The Morgan fingerprint density at radius 2 is 1.83 bits per heavy atom. The molecule has 2 saturated heterocycles. The third-order valence-corrected chi connectivity index (χ3v) is 5.20. The van der Waals surface area contributed by atoms with Gasteiger partial charge in [-0.2, -0.15) is 0 Å². The summed E-state index contributed by atoms with van der Waals surface area (Å²) in [5, 5.41) is 5.64. The second-order valence-corrected chi connectivity index (χ2v) is 8.10. The number of carbonyl (C=O) groups excluding carboxylic acids is 1. The van der Waals surface area contributed by atoms with Gasteiger partial charge in [0.2, 0.25) is 0 Å². The van der Waals surface area contributed by atoms with Gasteiger partial charge >= 0.3 is 6.03 Å². The van der Waals surface area contributed by atoms with E-state index < -0.39 is 12.1 Å². The quantitative estimate of drug-likeness (QED) is 0.560. The van der Waals surface area contributed by atoms with Crippen LogP contribution in [-0.4, -0.2) is 56.7 Å². The van der Waals surface area contributed by atoms with Gasteiger partial charge in [-0.25, -0.2) is 4.79 Å². The van der Waals surface area contributed by atoms with Gasteiger partial charge in [0, 0.05) is 18.8 Å². The summed E-state index contributed by atoms with van der Waals surface area (Å²) in [5.41, 5.74) is 0.674. The lowest BCUT2D eigenvalue weighted by Gasteiger charge is -2.24. The zero-order valence-corrected chi connectivity index (χ0v) is 18.3. The van der Waals surface area contributed by atoms with E-state index in [4.69, 9.17) is 23.7 Å². The van der Waals surface area contributed by atoms with Crippen LogP contribution in [0.2, 0.25) is 0 Å². The van der Waals surface area contributed by atoms with Gasteiger partial charge in [0.05, 0.1) is 7.11 Å². The fraction of sp³-hybridized carbons (Fsp3) is 0.682. The largest absolute Gasteiger partial charge is 0.497 e. The van der Waals surface area contributed by atoms with Crippen LogP contribution < -0.4 is 15.4 Å². The lowest BCUT2D eigenvalue weighted by molar-refractivity contribution is -0.232.